The van der Waals surface area contributed by atoms with E-state index in [1.54, 1.807) is 0 Å². The first-order valence-corrected chi connectivity index (χ1v) is 8.41. The molecule has 0 amide bonds. The van der Waals surface area contributed by atoms with E-state index < -0.39 is 5.60 Å². The van der Waals surface area contributed by atoms with Crippen molar-refractivity contribution >= 4 is 22.7 Å². The zero-order valence-electron chi connectivity index (χ0n) is 11.5. The summed E-state index contributed by atoms with van der Waals surface area (Å²) in [5.74, 6) is 0. The maximum Gasteiger partial charge on any atom is 0.109 e. The lowest BCUT2D eigenvalue weighted by Crippen LogP contribution is -2.41. The van der Waals surface area contributed by atoms with E-state index in [1.165, 1.54) is 19.3 Å². The third-order valence-electron chi connectivity index (χ3n) is 4.64. The lowest BCUT2D eigenvalue weighted by atomic mass is 9.83. The van der Waals surface area contributed by atoms with Gasteiger partial charge in [-0.05, 0) is 37.8 Å². The average Bonchev–Trinajstić information content (AvgIpc) is 2.46. The van der Waals surface area contributed by atoms with Gasteiger partial charge in [0, 0.05) is 15.9 Å². The summed E-state index contributed by atoms with van der Waals surface area (Å²) in [6.07, 6.45) is 5.54. The summed E-state index contributed by atoms with van der Waals surface area (Å²) >= 11 is 2.09. The molecule has 2 unspecified atom stereocenters. The molecule has 2 bridgehead atoms. The van der Waals surface area contributed by atoms with Crippen LogP contribution in [0, 0.1) is 0 Å². The number of pyridine rings is 1. The van der Waals surface area contributed by atoms with Crippen LogP contribution in [0.2, 0.25) is 0 Å². The molecular formula is C17H19NOS. The van der Waals surface area contributed by atoms with Crippen LogP contribution in [-0.4, -0.2) is 20.6 Å². The maximum absolute atomic E-state index is 11.1. The molecule has 0 aliphatic carbocycles. The molecule has 0 radical (unpaired) electrons. The van der Waals surface area contributed by atoms with Crippen molar-refractivity contribution in [3.05, 3.63) is 42.1 Å². The minimum atomic E-state index is -0.717. The summed E-state index contributed by atoms with van der Waals surface area (Å²) in [6, 6.07) is 12.2. The molecule has 2 saturated heterocycles. The van der Waals surface area contributed by atoms with Gasteiger partial charge in [0.15, 0.2) is 0 Å². The van der Waals surface area contributed by atoms with Crippen LogP contribution < -0.4 is 0 Å². The largest absolute Gasteiger partial charge is 0.383 e. The summed E-state index contributed by atoms with van der Waals surface area (Å²) in [5.41, 5.74) is 1.14. The Morgan fingerprint density at radius 3 is 2.60 bits per heavy atom. The molecule has 0 spiro atoms. The average molecular weight is 285 g/mol. The van der Waals surface area contributed by atoms with Crippen molar-refractivity contribution in [1.82, 2.24) is 4.98 Å². The van der Waals surface area contributed by atoms with E-state index >= 15 is 0 Å². The molecule has 20 heavy (non-hydrogen) atoms. The zero-order valence-corrected chi connectivity index (χ0v) is 12.3. The Labute approximate surface area is 123 Å². The molecule has 3 heterocycles. The molecule has 2 nitrogen and oxygen atoms in total. The van der Waals surface area contributed by atoms with E-state index in [4.69, 9.17) is 4.98 Å². The van der Waals surface area contributed by atoms with Crippen LogP contribution in [0.4, 0.5) is 0 Å². The maximum atomic E-state index is 11.1. The van der Waals surface area contributed by atoms with Crippen LogP contribution in [0.5, 0.6) is 0 Å². The summed E-state index contributed by atoms with van der Waals surface area (Å²) in [4.78, 5) is 4.74. The predicted octanol–water partition coefficient (Wildman–Crippen LogP) is 3.87. The van der Waals surface area contributed by atoms with Crippen LogP contribution >= 0.6 is 11.8 Å². The molecule has 1 aromatic heterocycles. The van der Waals surface area contributed by atoms with Gasteiger partial charge in [-0.1, -0.05) is 30.7 Å². The molecule has 1 N–H and O–H groups in total. The Kier molecular flexibility index (Phi) is 3.00. The summed E-state index contributed by atoms with van der Waals surface area (Å²) in [7, 11) is 0. The summed E-state index contributed by atoms with van der Waals surface area (Å²) in [5, 5.41) is 13.5. The van der Waals surface area contributed by atoms with Gasteiger partial charge < -0.3 is 5.11 Å². The monoisotopic (exact) mass is 285 g/mol. The summed E-state index contributed by atoms with van der Waals surface area (Å²) < 4.78 is 0. The standard InChI is InChI=1S/C17H19NOS/c19-17(10-13-5-3-6-14(11-17)20-13)16-9-8-12-4-1-2-7-15(12)18-16/h1-2,4,7-9,13-14,19H,3,5-6,10-11H2. The SMILES string of the molecule is OC1(c2ccc3ccccc3n2)CC2CCCC(C1)S2. The van der Waals surface area contributed by atoms with E-state index in [9.17, 15) is 5.11 Å². The minimum Gasteiger partial charge on any atom is -0.383 e. The van der Waals surface area contributed by atoms with Crippen molar-refractivity contribution in [3.8, 4) is 0 Å². The number of aliphatic hydroxyl groups is 1. The Morgan fingerprint density at radius 1 is 1.05 bits per heavy atom. The van der Waals surface area contributed by atoms with Gasteiger partial charge in [0.25, 0.3) is 0 Å². The number of thioether (sulfide) groups is 1. The van der Waals surface area contributed by atoms with Gasteiger partial charge in [0.05, 0.1) is 11.2 Å². The second kappa shape index (κ2) is 4.74. The highest BCUT2D eigenvalue weighted by atomic mass is 32.2. The first-order chi connectivity index (χ1) is 9.73. The molecule has 2 aliphatic rings. The Morgan fingerprint density at radius 2 is 1.80 bits per heavy atom. The van der Waals surface area contributed by atoms with Crippen molar-refractivity contribution < 1.29 is 5.11 Å². The van der Waals surface area contributed by atoms with Crippen LogP contribution in [0.15, 0.2) is 36.4 Å². The smallest absolute Gasteiger partial charge is 0.109 e. The minimum absolute atomic E-state index is 0.612. The fourth-order valence-corrected chi connectivity index (χ4v) is 5.55. The van der Waals surface area contributed by atoms with Gasteiger partial charge in [0.1, 0.15) is 5.60 Å². The van der Waals surface area contributed by atoms with Crippen LogP contribution in [0.25, 0.3) is 10.9 Å². The van der Waals surface area contributed by atoms with Gasteiger partial charge >= 0.3 is 0 Å². The number of fused-ring (bicyclic) bond motifs is 3. The third kappa shape index (κ3) is 2.13. The number of hydrogen-bond donors (Lipinski definition) is 1. The topological polar surface area (TPSA) is 33.1 Å². The molecule has 2 atom stereocenters. The highest BCUT2D eigenvalue weighted by Crippen LogP contribution is 2.49. The molecule has 2 aromatic rings. The summed E-state index contributed by atoms with van der Waals surface area (Å²) in [6.45, 7) is 0. The fourth-order valence-electron chi connectivity index (χ4n) is 3.65. The van der Waals surface area contributed by atoms with Gasteiger partial charge in [0.2, 0.25) is 0 Å². The fraction of sp³-hybridized carbons (Fsp3) is 0.471. The Balaban J connectivity index is 1.73. The molecule has 104 valence electrons. The van der Waals surface area contributed by atoms with Crippen molar-refractivity contribution in [2.24, 2.45) is 0 Å². The predicted molar refractivity (Wildman–Crippen MR) is 83.9 cm³/mol. The molecule has 3 heteroatoms. The van der Waals surface area contributed by atoms with E-state index in [0.29, 0.717) is 10.5 Å². The second-order valence-corrected chi connectivity index (χ2v) is 7.75. The lowest BCUT2D eigenvalue weighted by molar-refractivity contribution is 0.00434. The second-order valence-electron chi connectivity index (χ2n) is 6.14. The molecule has 0 saturated carbocycles. The van der Waals surface area contributed by atoms with E-state index in [0.717, 1.165) is 29.4 Å². The zero-order chi connectivity index (χ0) is 13.6. The normalized spacial score (nSPS) is 33.2. The van der Waals surface area contributed by atoms with Gasteiger partial charge in [-0.15, -0.1) is 0 Å². The van der Waals surface area contributed by atoms with Crippen molar-refractivity contribution in [1.29, 1.82) is 0 Å². The van der Waals surface area contributed by atoms with E-state index in [2.05, 4.69) is 23.9 Å². The van der Waals surface area contributed by atoms with Gasteiger partial charge in [-0.25, -0.2) is 4.98 Å². The van der Waals surface area contributed by atoms with Crippen LogP contribution in [0.3, 0.4) is 0 Å². The first-order valence-electron chi connectivity index (χ1n) is 7.47. The molecular weight excluding hydrogens is 266 g/mol. The third-order valence-corrected chi connectivity index (χ3v) is 6.22. The number of para-hydroxylation sites is 1. The van der Waals surface area contributed by atoms with Crippen LogP contribution in [0.1, 0.15) is 37.8 Å². The molecule has 1 aromatic carbocycles. The van der Waals surface area contributed by atoms with Gasteiger partial charge in [-0.3, -0.25) is 0 Å². The first kappa shape index (κ1) is 12.7. The van der Waals surface area contributed by atoms with Crippen LogP contribution in [-0.2, 0) is 5.60 Å². The number of aromatic nitrogens is 1. The number of hydrogen-bond acceptors (Lipinski definition) is 3. The van der Waals surface area contributed by atoms with Gasteiger partial charge in [-0.2, -0.15) is 11.8 Å². The quantitative estimate of drug-likeness (QED) is 0.863. The molecule has 2 aliphatic heterocycles. The van der Waals surface area contributed by atoms with Crippen molar-refractivity contribution in [3.63, 3.8) is 0 Å². The highest BCUT2D eigenvalue weighted by molar-refractivity contribution is 8.00. The number of rotatable bonds is 1. The number of nitrogens with zero attached hydrogens (tertiary/aromatic N) is 1. The lowest BCUT2D eigenvalue weighted by Gasteiger charge is -2.43. The number of benzene rings is 1. The molecule has 4 rings (SSSR count). The van der Waals surface area contributed by atoms with Crippen molar-refractivity contribution in [2.75, 3.05) is 0 Å². The molecule has 2 fully saturated rings. The Hall–Kier alpha value is -1.06. The van der Waals surface area contributed by atoms with Crippen molar-refractivity contribution in [2.45, 2.75) is 48.2 Å². The Bertz CT molecular complexity index is 630. The van der Waals surface area contributed by atoms with E-state index in [-0.39, 0.29) is 0 Å². The van der Waals surface area contributed by atoms with E-state index in [1.807, 2.05) is 24.3 Å². The highest BCUT2D eigenvalue weighted by Gasteiger charge is 2.43.